The van der Waals surface area contributed by atoms with E-state index in [-0.39, 0.29) is 17.3 Å². The van der Waals surface area contributed by atoms with Gasteiger partial charge in [0.15, 0.2) is 0 Å². The van der Waals surface area contributed by atoms with Gasteiger partial charge in [0, 0.05) is 18.4 Å². The van der Waals surface area contributed by atoms with Crippen LogP contribution in [0.1, 0.15) is 31.3 Å². The van der Waals surface area contributed by atoms with E-state index in [1.165, 1.54) is 24.1 Å². The number of pyridine rings is 1. The van der Waals surface area contributed by atoms with Crippen LogP contribution in [0.4, 0.5) is 11.4 Å². The summed E-state index contributed by atoms with van der Waals surface area (Å²) in [5.41, 5.74) is 1.67. The SMILES string of the molecule is COC(=O)c1cccc(NC(=O)c2cccc(C(=O)N(C)c3ccccc3)n2)c1. The van der Waals surface area contributed by atoms with Gasteiger partial charge >= 0.3 is 5.97 Å². The van der Waals surface area contributed by atoms with Crippen molar-refractivity contribution in [3.63, 3.8) is 0 Å². The molecule has 29 heavy (non-hydrogen) atoms. The lowest BCUT2D eigenvalue weighted by Crippen LogP contribution is -2.27. The quantitative estimate of drug-likeness (QED) is 0.676. The fourth-order valence-electron chi connectivity index (χ4n) is 2.66. The van der Waals surface area contributed by atoms with Gasteiger partial charge < -0.3 is 15.0 Å². The van der Waals surface area contributed by atoms with Gasteiger partial charge in [0.25, 0.3) is 11.8 Å². The van der Waals surface area contributed by atoms with Crippen LogP contribution in [0.5, 0.6) is 0 Å². The zero-order valence-electron chi connectivity index (χ0n) is 16.0. The number of para-hydroxylation sites is 1. The molecule has 7 heteroatoms. The van der Waals surface area contributed by atoms with Gasteiger partial charge in [-0.3, -0.25) is 9.59 Å². The predicted octanol–water partition coefficient (Wildman–Crippen LogP) is 3.40. The second-order valence-corrected chi connectivity index (χ2v) is 6.13. The van der Waals surface area contributed by atoms with Gasteiger partial charge in [0.2, 0.25) is 0 Å². The fourth-order valence-corrected chi connectivity index (χ4v) is 2.66. The van der Waals surface area contributed by atoms with Crippen LogP contribution >= 0.6 is 0 Å². The Morgan fingerprint density at radius 2 is 1.59 bits per heavy atom. The zero-order valence-corrected chi connectivity index (χ0v) is 16.0. The van der Waals surface area contributed by atoms with Crippen LogP contribution in [-0.2, 0) is 4.74 Å². The van der Waals surface area contributed by atoms with Crippen LogP contribution in [0.3, 0.4) is 0 Å². The molecule has 1 heterocycles. The molecule has 2 amide bonds. The van der Waals surface area contributed by atoms with Crippen LogP contribution in [0.15, 0.2) is 72.8 Å². The number of amides is 2. The summed E-state index contributed by atoms with van der Waals surface area (Å²) in [5, 5.41) is 2.67. The number of nitrogens with zero attached hydrogens (tertiary/aromatic N) is 2. The Balaban J connectivity index is 1.78. The molecule has 0 aliphatic carbocycles. The summed E-state index contributed by atoms with van der Waals surface area (Å²) in [6.45, 7) is 0. The Morgan fingerprint density at radius 1 is 0.897 bits per heavy atom. The Kier molecular flexibility index (Phi) is 5.99. The highest BCUT2D eigenvalue weighted by Gasteiger charge is 2.17. The molecule has 3 rings (SSSR count). The fraction of sp³-hybridized carbons (Fsp3) is 0.0909. The number of carbonyl (C=O) groups is 3. The van der Waals surface area contributed by atoms with Gasteiger partial charge in [-0.2, -0.15) is 0 Å². The molecule has 0 spiro atoms. The van der Waals surface area contributed by atoms with Crippen molar-refractivity contribution in [2.75, 3.05) is 24.4 Å². The molecular formula is C22H19N3O4. The van der Waals surface area contributed by atoms with E-state index in [4.69, 9.17) is 0 Å². The third kappa shape index (κ3) is 4.65. The van der Waals surface area contributed by atoms with Gasteiger partial charge in [0.1, 0.15) is 11.4 Å². The van der Waals surface area contributed by atoms with Gasteiger partial charge in [-0.05, 0) is 42.5 Å². The highest BCUT2D eigenvalue weighted by Crippen LogP contribution is 2.15. The van der Waals surface area contributed by atoms with Gasteiger partial charge in [0.05, 0.1) is 12.7 Å². The number of rotatable bonds is 5. The number of methoxy groups -OCH3 is 1. The van der Waals surface area contributed by atoms with Crippen LogP contribution in [0, 0.1) is 0 Å². The number of aromatic nitrogens is 1. The van der Waals surface area contributed by atoms with E-state index in [1.807, 2.05) is 30.3 Å². The Labute approximate surface area is 167 Å². The third-order valence-corrected chi connectivity index (χ3v) is 4.19. The molecule has 2 aromatic carbocycles. The van der Waals surface area contributed by atoms with Crippen molar-refractivity contribution in [2.45, 2.75) is 0 Å². The molecule has 1 N–H and O–H groups in total. The second-order valence-electron chi connectivity index (χ2n) is 6.13. The molecule has 0 saturated carbocycles. The molecule has 0 fully saturated rings. The van der Waals surface area contributed by atoms with Crippen molar-refractivity contribution in [2.24, 2.45) is 0 Å². The average Bonchev–Trinajstić information content (AvgIpc) is 2.78. The largest absolute Gasteiger partial charge is 0.465 e. The van der Waals surface area contributed by atoms with Gasteiger partial charge in [-0.15, -0.1) is 0 Å². The van der Waals surface area contributed by atoms with Crippen molar-refractivity contribution in [3.05, 3.63) is 89.7 Å². The van der Waals surface area contributed by atoms with Crippen molar-refractivity contribution < 1.29 is 19.1 Å². The molecule has 0 atom stereocenters. The smallest absolute Gasteiger partial charge is 0.337 e. The number of ether oxygens (including phenoxy) is 1. The standard InChI is InChI=1S/C22H19N3O4/c1-25(17-10-4-3-5-11-17)21(27)19-13-7-12-18(24-19)20(26)23-16-9-6-8-15(14-16)22(28)29-2/h3-14H,1-2H3,(H,23,26). The highest BCUT2D eigenvalue weighted by atomic mass is 16.5. The van der Waals surface area contributed by atoms with Crippen molar-refractivity contribution in [1.82, 2.24) is 4.98 Å². The summed E-state index contributed by atoms with van der Waals surface area (Å²) in [5.74, 6) is -1.33. The maximum Gasteiger partial charge on any atom is 0.337 e. The first kappa shape index (κ1) is 19.8. The molecule has 1 aromatic heterocycles. The van der Waals surface area contributed by atoms with Crippen LogP contribution < -0.4 is 10.2 Å². The molecule has 0 aliphatic rings. The minimum absolute atomic E-state index is 0.0841. The minimum Gasteiger partial charge on any atom is -0.465 e. The van der Waals surface area contributed by atoms with E-state index < -0.39 is 11.9 Å². The lowest BCUT2D eigenvalue weighted by atomic mass is 10.2. The first-order valence-corrected chi connectivity index (χ1v) is 8.79. The minimum atomic E-state index is -0.504. The number of hydrogen-bond donors (Lipinski definition) is 1. The Morgan fingerprint density at radius 3 is 2.31 bits per heavy atom. The molecule has 0 aliphatic heterocycles. The van der Waals surface area contributed by atoms with Crippen molar-refractivity contribution in [1.29, 1.82) is 0 Å². The number of benzene rings is 2. The van der Waals surface area contributed by atoms with Crippen LogP contribution in [-0.4, -0.2) is 36.9 Å². The second kappa shape index (κ2) is 8.79. The molecule has 0 bridgehead atoms. The van der Waals surface area contributed by atoms with Gasteiger partial charge in [-0.1, -0.05) is 30.3 Å². The van der Waals surface area contributed by atoms with Crippen molar-refractivity contribution in [3.8, 4) is 0 Å². The zero-order chi connectivity index (χ0) is 20.8. The predicted molar refractivity (Wildman–Crippen MR) is 109 cm³/mol. The summed E-state index contributed by atoms with van der Waals surface area (Å²) in [6, 6.07) is 20.2. The average molecular weight is 389 g/mol. The molecular weight excluding hydrogens is 370 g/mol. The number of hydrogen-bond acceptors (Lipinski definition) is 5. The molecule has 0 radical (unpaired) electrons. The molecule has 0 saturated heterocycles. The van der Waals surface area contributed by atoms with E-state index in [2.05, 4.69) is 15.0 Å². The van der Waals surface area contributed by atoms with E-state index in [9.17, 15) is 14.4 Å². The summed E-state index contributed by atoms with van der Waals surface area (Å²) in [4.78, 5) is 42.6. The normalized spacial score (nSPS) is 10.1. The van der Waals surface area contributed by atoms with E-state index in [0.29, 0.717) is 16.9 Å². The molecule has 0 unspecified atom stereocenters. The summed E-state index contributed by atoms with van der Waals surface area (Å²) in [7, 11) is 2.93. The first-order chi connectivity index (χ1) is 14.0. The van der Waals surface area contributed by atoms with Crippen LogP contribution in [0.2, 0.25) is 0 Å². The Hall–Kier alpha value is -4.00. The molecule has 146 valence electrons. The molecule has 7 nitrogen and oxygen atoms in total. The van der Waals surface area contributed by atoms with E-state index in [1.54, 1.807) is 37.4 Å². The third-order valence-electron chi connectivity index (χ3n) is 4.19. The van der Waals surface area contributed by atoms with E-state index in [0.717, 1.165) is 0 Å². The summed E-state index contributed by atoms with van der Waals surface area (Å²) < 4.78 is 4.68. The summed E-state index contributed by atoms with van der Waals surface area (Å²) in [6.07, 6.45) is 0. The lowest BCUT2D eigenvalue weighted by Gasteiger charge is -2.17. The maximum atomic E-state index is 12.7. The Bertz CT molecular complexity index is 1050. The van der Waals surface area contributed by atoms with Crippen molar-refractivity contribution >= 4 is 29.2 Å². The number of carbonyl (C=O) groups excluding carboxylic acids is 3. The number of esters is 1. The lowest BCUT2D eigenvalue weighted by molar-refractivity contribution is 0.0600. The van der Waals surface area contributed by atoms with E-state index >= 15 is 0 Å². The topological polar surface area (TPSA) is 88.6 Å². The number of nitrogens with one attached hydrogen (secondary N) is 1. The first-order valence-electron chi connectivity index (χ1n) is 8.79. The highest BCUT2D eigenvalue weighted by molar-refractivity contribution is 6.07. The van der Waals surface area contributed by atoms with Gasteiger partial charge in [-0.25, -0.2) is 9.78 Å². The molecule has 3 aromatic rings. The van der Waals surface area contributed by atoms with Crippen LogP contribution in [0.25, 0.3) is 0 Å². The monoisotopic (exact) mass is 389 g/mol. The maximum absolute atomic E-state index is 12.7. The summed E-state index contributed by atoms with van der Waals surface area (Å²) >= 11 is 0. The number of anilines is 2.